The third-order valence-electron chi connectivity index (χ3n) is 3.63. The van der Waals surface area contributed by atoms with E-state index in [-0.39, 0.29) is 17.3 Å². The molecule has 1 aromatic heterocycles. The van der Waals surface area contributed by atoms with Crippen LogP contribution in [0.5, 0.6) is 0 Å². The normalized spacial score (nSPS) is 27.6. The topological polar surface area (TPSA) is 35.2 Å². The number of thiophene rings is 1. The molecule has 1 heterocycles. The van der Waals surface area contributed by atoms with Crippen molar-refractivity contribution in [2.24, 2.45) is 5.73 Å². The van der Waals surface area contributed by atoms with Crippen LogP contribution in [0.2, 0.25) is 0 Å². The van der Waals surface area contributed by atoms with Gasteiger partial charge in [-0.25, -0.2) is 4.39 Å². The molecule has 0 amide bonds. The first kappa shape index (κ1) is 11.1. The van der Waals surface area contributed by atoms with Gasteiger partial charge >= 0.3 is 0 Å². The van der Waals surface area contributed by atoms with E-state index in [2.05, 4.69) is 6.07 Å². The fourth-order valence-corrected chi connectivity index (χ4v) is 3.75. The molecular weight excluding hydrogens is 237 g/mol. The monoisotopic (exact) mass is 251 g/mol. The Kier molecular flexibility index (Phi) is 2.47. The Morgan fingerprint density at radius 1 is 1.53 bits per heavy atom. The first-order valence-electron chi connectivity index (χ1n) is 5.62. The maximum Gasteiger partial charge on any atom is 0.124 e. The van der Waals surface area contributed by atoms with Gasteiger partial charge in [0.2, 0.25) is 0 Å². The van der Waals surface area contributed by atoms with Crippen molar-refractivity contribution in [3.05, 3.63) is 35.0 Å². The van der Waals surface area contributed by atoms with Crippen LogP contribution < -0.4 is 5.73 Å². The van der Waals surface area contributed by atoms with Gasteiger partial charge in [-0.2, -0.15) is 0 Å². The van der Waals surface area contributed by atoms with Gasteiger partial charge < -0.3 is 10.5 Å². The number of hydrogen-bond donors (Lipinski definition) is 1. The first-order valence-corrected chi connectivity index (χ1v) is 6.44. The van der Waals surface area contributed by atoms with Crippen molar-refractivity contribution in [1.82, 2.24) is 0 Å². The summed E-state index contributed by atoms with van der Waals surface area (Å²) in [6.45, 7) is 0.584. The van der Waals surface area contributed by atoms with Crippen LogP contribution in [0.25, 0.3) is 10.1 Å². The highest BCUT2D eigenvalue weighted by Gasteiger charge is 2.56. The van der Waals surface area contributed by atoms with Gasteiger partial charge in [0, 0.05) is 28.6 Å². The van der Waals surface area contributed by atoms with E-state index in [0.717, 1.165) is 16.5 Å². The Bertz CT molecular complexity index is 568. The summed E-state index contributed by atoms with van der Waals surface area (Å²) < 4.78 is 19.5. The lowest BCUT2D eigenvalue weighted by molar-refractivity contribution is 0.163. The molecule has 0 unspecified atom stereocenters. The number of halogens is 1. The van der Waals surface area contributed by atoms with Gasteiger partial charge in [-0.05, 0) is 30.0 Å². The SMILES string of the molecule is CO[C@H]1C[C@@]1(CN)c1cc2ccc(F)cc2s1. The summed E-state index contributed by atoms with van der Waals surface area (Å²) in [5.74, 6) is -0.188. The van der Waals surface area contributed by atoms with Crippen LogP contribution in [0.15, 0.2) is 24.3 Å². The van der Waals surface area contributed by atoms with E-state index in [4.69, 9.17) is 10.5 Å². The second-order valence-corrected chi connectivity index (χ2v) is 5.67. The van der Waals surface area contributed by atoms with Crippen molar-refractivity contribution in [2.45, 2.75) is 17.9 Å². The van der Waals surface area contributed by atoms with Gasteiger partial charge in [-0.1, -0.05) is 6.07 Å². The highest BCUT2D eigenvalue weighted by molar-refractivity contribution is 7.19. The largest absolute Gasteiger partial charge is 0.380 e. The Labute approximate surface area is 103 Å². The number of rotatable bonds is 3. The second-order valence-electron chi connectivity index (χ2n) is 4.58. The van der Waals surface area contributed by atoms with Crippen molar-refractivity contribution < 1.29 is 9.13 Å². The summed E-state index contributed by atoms with van der Waals surface area (Å²) in [5.41, 5.74) is 5.84. The maximum atomic E-state index is 13.1. The summed E-state index contributed by atoms with van der Waals surface area (Å²) in [5, 5.41) is 1.08. The smallest absolute Gasteiger partial charge is 0.124 e. The molecule has 2 atom stereocenters. The predicted molar refractivity (Wildman–Crippen MR) is 67.9 cm³/mol. The van der Waals surface area contributed by atoms with Crippen molar-refractivity contribution in [3.8, 4) is 0 Å². The predicted octanol–water partition coefficient (Wildman–Crippen LogP) is 2.66. The van der Waals surface area contributed by atoms with Crippen LogP contribution in [0.3, 0.4) is 0 Å². The van der Waals surface area contributed by atoms with Gasteiger partial charge in [0.25, 0.3) is 0 Å². The molecule has 0 bridgehead atoms. The zero-order chi connectivity index (χ0) is 12.0. The van der Waals surface area contributed by atoms with E-state index < -0.39 is 0 Å². The fraction of sp³-hybridized carbons (Fsp3) is 0.385. The molecule has 90 valence electrons. The van der Waals surface area contributed by atoms with Crippen molar-refractivity contribution in [3.63, 3.8) is 0 Å². The zero-order valence-corrected chi connectivity index (χ0v) is 10.4. The number of hydrogen-bond acceptors (Lipinski definition) is 3. The molecule has 3 rings (SSSR count). The first-order chi connectivity index (χ1) is 8.19. The molecule has 1 aliphatic rings. The Morgan fingerprint density at radius 3 is 3.00 bits per heavy atom. The Hall–Kier alpha value is -0.970. The molecule has 1 fully saturated rings. The van der Waals surface area contributed by atoms with E-state index in [0.29, 0.717) is 6.54 Å². The van der Waals surface area contributed by atoms with E-state index in [1.54, 1.807) is 24.5 Å². The van der Waals surface area contributed by atoms with Crippen LogP contribution >= 0.6 is 11.3 Å². The zero-order valence-electron chi connectivity index (χ0n) is 9.57. The summed E-state index contributed by atoms with van der Waals surface area (Å²) in [4.78, 5) is 1.22. The molecule has 4 heteroatoms. The number of benzene rings is 1. The minimum Gasteiger partial charge on any atom is -0.380 e. The summed E-state index contributed by atoms with van der Waals surface area (Å²) >= 11 is 1.62. The van der Waals surface area contributed by atoms with E-state index in [1.165, 1.54) is 10.9 Å². The molecule has 2 nitrogen and oxygen atoms in total. The summed E-state index contributed by atoms with van der Waals surface area (Å²) in [6, 6.07) is 7.01. The highest BCUT2D eigenvalue weighted by atomic mass is 32.1. The van der Waals surface area contributed by atoms with Crippen molar-refractivity contribution in [1.29, 1.82) is 0 Å². The molecule has 1 aliphatic carbocycles. The van der Waals surface area contributed by atoms with Crippen LogP contribution in [-0.4, -0.2) is 19.8 Å². The number of fused-ring (bicyclic) bond motifs is 1. The number of methoxy groups -OCH3 is 1. The molecule has 1 aromatic carbocycles. The highest BCUT2D eigenvalue weighted by Crippen LogP contribution is 2.52. The quantitative estimate of drug-likeness (QED) is 0.910. The molecule has 2 N–H and O–H groups in total. The second kappa shape index (κ2) is 3.77. The lowest BCUT2D eigenvalue weighted by atomic mass is 10.0. The number of ether oxygens (including phenoxy) is 1. The summed E-state index contributed by atoms with van der Waals surface area (Å²) in [6.07, 6.45) is 1.18. The third kappa shape index (κ3) is 1.59. The van der Waals surface area contributed by atoms with Gasteiger partial charge in [0.05, 0.1) is 6.10 Å². The molecule has 1 saturated carbocycles. The molecular formula is C13H14FNOS. The summed E-state index contributed by atoms with van der Waals surface area (Å²) in [7, 11) is 1.72. The van der Waals surface area contributed by atoms with Crippen molar-refractivity contribution >= 4 is 21.4 Å². The van der Waals surface area contributed by atoms with Gasteiger partial charge in [0.1, 0.15) is 5.82 Å². The van der Waals surface area contributed by atoms with Crippen LogP contribution in [0, 0.1) is 5.82 Å². The van der Waals surface area contributed by atoms with E-state index in [1.807, 2.05) is 6.07 Å². The average Bonchev–Trinajstić information content (AvgIpc) is 2.93. The lowest BCUT2D eigenvalue weighted by Crippen LogP contribution is -2.23. The van der Waals surface area contributed by atoms with Gasteiger partial charge in [0.15, 0.2) is 0 Å². The Morgan fingerprint density at radius 2 is 2.35 bits per heavy atom. The third-order valence-corrected chi connectivity index (χ3v) is 4.95. The van der Waals surface area contributed by atoms with Gasteiger partial charge in [-0.3, -0.25) is 0 Å². The van der Waals surface area contributed by atoms with E-state index in [9.17, 15) is 4.39 Å². The average molecular weight is 251 g/mol. The lowest BCUT2D eigenvalue weighted by Gasteiger charge is -2.11. The minimum atomic E-state index is -0.188. The van der Waals surface area contributed by atoms with E-state index >= 15 is 0 Å². The Balaban J connectivity index is 2.07. The molecule has 0 radical (unpaired) electrons. The van der Waals surface area contributed by atoms with Crippen molar-refractivity contribution in [2.75, 3.05) is 13.7 Å². The van der Waals surface area contributed by atoms with Crippen LogP contribution in [0.1, 0.15) is 11.3 Å². The maximum absolute atomic E-state index is 13.1. The molecule has 17 heavy (non-hydrogen) atoms. The van der Waals surface area contributed by atoms with Crippen LogP contribution in [-0.2, 0) is 10.2 Å². The fourth-order valence-electron chi connectivity index (χ4n) is 2.41. The van der Waals surface area contributed by atoms with Gasteiger partial charge in [-0.15, -0.1) is 11.3 Å². The molecule has 0 aliphatic heterocycles. The molecule has 0 spiro atoms. The molecule has 0 saturated heterocycles. The minimum absolute atomic E-state index is 0.0328. The number of nitrogens with two attached hydrogens (primary N) is 1. The standard InChI is InChI=1S/C13H14FNOS/c1-16-11-6-13(11,7-15)12-4-8-2-3-9(14)5-10(8)17-12/h2-5,11H,6-7,15H2,1H3/t11-,13-/m0/s1. The molecule has 2 aromatic rings. The van der Waals surface area contributed by atoms with Crippen LogP contribution in [0.4, 0.5) is 4.39 Å².